The Bertz CT molecular complexity index is 734. The number of aliphatic imine (C=N–C) groups is 1. The number of piperidine rings is 1. The highest BCUT2D eigenvalue weighted by atomic mass is 127. The number of hydrogen-bond donors (Lipinski definition) is 2. The Morgan fingerprint density at radius 2 is 1.88 bits per heavy atom. The molecular formula is C22H37IN6O3. The number of likely N-dealkylation sites (N-methyl/N-ethyl adjacent to an activating group) is 1. The molecule has 2 N–H and O–H groups in total. The second-order valence-electron chi connectivity index (χ2n) is 8.12. The molecule has 9 nitrogen and oxygen atoms in total. The van der Waals surface area contributed by atoms with Gasteiger partial charge >= 0.3 is 0 Å². The van der Waals surface area contributed by atoms with Crippen LogP contribution in [0, 0.1) is 10.1 Å². The van der Waals surface area contributed by atoms with Crippen LogP contribution in [-0.4, -0.2) is 79.5 Å². The monoisotopic (exact) mass is 560 g/mol. The number of guanidine groups is 1. The number of hydrogen-bond acceptors (Lipinski definition) is 5. The molecule has 1 aliphatic heterocycles. The number of rotatable bonds is 10. The summed E-state index contributed by atoms with van der Waals surface area (Å²) < 4.78 is 0. The van der Waals surface area contributed by atoms with E-state index in [2.05, 4.69) is 22.5 Å². The number of non-ortho nitro benzene ring substituents is 1. The summed E-state index contributed by atoms with van der Waals surface area (Å²) in [5.74, 6) is 0.996. The Labute approximate surface area is 208 Å². The van der Waals surface area contributed by atoms with Crippen LogP contribution in [0.1, 0.15) is 38.2 Å². The molecule has 0 spiro atoms. The summed E-state index contributed by atoms with van der Waals surface area (Å²) >= 11 is 0. The third-order valence-corrected chi connectivity index (χ3v) is 5.42. The van der Waals surface area contributed by atoms with E-state index in [0.29, 0.717) is 12.6 Å². The van der Waals surface area contributed by atoms with E-state index >= 15 is 0 Å². The second-order valence-corrected chi connectivity index (χ2v) is 8.12. The first-order chi connectivity index (χ1) is 14.9. The minimum absolute atomic E-state index is 0. The SMILES string of the molecule is CCNC(=NCCCCc1ccc([N+](=O)[O-])cc1)NC1CCN(CC(=O)N(C)C)CC1.I. The number of unbranched alkanes of at least 4 members (excludes halogenated alkanes) is 1. The van der Waals surface area contributed by atoms with E-state index in [1.54, 1.807) is 31.1 Å². The first kappa shape index (κ1) is 28.1. The van der Waals surface area contributed by atoms with Gasteiger partial charge in [0.15, 0.2) is 5.96 Å². The Morgan fingerprint density at radius 1 is 1.22 bits per heavy atom. The Kier molecular flexibility index (Phi) is 13.2. The number of nitrogens with zero attached hydrogens (tertiary/aromatic N) is 4. The molecule has 2 rings (SSSR count). The number of likely N-dealkylation sites (tertiary alicyclic amines) is 1. The van der Waals surface area contributed by atoms with E-state index < -0.39 is 0 Å². The first-order valence-electron chi connectivity index (χ1n) is 11.1. The van der Waals surface area contributed by atoms with Crippen molar-refractivity contribution < 1.29 is 9.72 Å². The average molecular weight is 560 g/mol. The molecule has 0 bridgehead atoms. The third-order valence-electron chi connectivity index (χ3n) is 5.42. The van der Waals surface area contributed by atoms with Crippen LogP contribution in [0.3, 0.4) is 0 Å². The van der Waals surface area contributed by atoms with Crippen molar-refractivity contribution in [3.8, 4) is 0 Å². The van der Waals surface area contributed by atoms with Gasteiger partial charge in [-0.15, -0.1) is 24.0 Å². The lowest BCUT2D eigenvalue weighted by Crippen LogP contribution is -2.50. The van der Waals surface area contributed by atoms with E-state index in [1.807, 2.05) is 12.1 Å². The molecule has 1 heterocycles. The molecule has 1 amide bonds. The summed E-state index contributed by atoms with van der Waals surface area (Å²) in [7, 11) is 3.59. The van der Waals surface area contributed by atoms with Crippen LogP contribution in [-0.2, 0) is 11.2 Å². The van der Waals surface area contributed by atoms with Crippen molar-refractivity contribution in [2.24, 2.45) is 4.99 Å². The van der Waals surface area contributed by atoms with E-state index in [4.69, 9.17) is 4.99 Å². The molecule has 10 heteroatoms. The summed E-state index contributed by atoms with van der Waals surface area (Å²) in [5, 5.41) is 17.6. The molecule has 1 aromatic rings. The van der Waals surface area contributed by atoms with Crippen LogP contribution in [0.15, 0.2) is 29.3 Å². The number of nitrogens with one attached hydrogen (secondary N) is 2. The zero-order chi connectivity index (χ0) is 22.6. The maximum Gasteiger partial charge on any atom is 0.269 e. The number of aryl methyl sites for hydroxylation is 1. The molecule has 32 heavy (non-hydrogen) atoms. The molecule has 0 aliphatic carbocycles. The van der Waals surface area contributed by atoms with E-state index in [1.165, 1.54) is 0 Å². The van der Waals surface area contributed by atoms with Gasteiger partial charge in [0, 0.05) is 58.4 Å². The fraction of sp³-hybridized carbons (Fsp3) is 0.636. The number of halogens is 1. The molecular weight excluding hydrogens is 523 g/mol. The molecule has 0 atom stereocenters. The van der Waals surface area contributed by atoms with Crippen molar-refractivity contribution in [1.29, 1.82) is 0 Å². The lowest BCUT2D eigenvalue weighted by molar-refractivity contribution is -0.384. The molecule has 0 aromatic heterocycles. The normalized spacial score (nSPS) is 15.0. The molecule has 0 unspecified atom stereocenters. The largest absolute Gasteiger partial charge is 0.357 e. The van der Waals surface area contributed by atoms with Crippen molar-refractivity contribution in [3.63, 3.8) is 0 Å². The number of amides is 1. The minimum atomic E-state index is -0.374. The van der Waals surface area contributed by atoms with E-state index in [9.17, 15) is 14.9 Å². The standard InChI is InChI=1S/C22H36N6O3.HI/c1-4-23-22(25-19-12-15-27(16-13-19)17-21(29)26(2)3)24-14-6-5-7-18-8-10-20(11-9-18)28(30)31;/h8-11,19H,4-7,12-17H2,1-3H3,(H2,23,24,25);1H. The van der Waals surface area contributed by atoms with Crippen LogP contribution in [0.5, 0.6) is 0 Å². The average Bonchev–Trinajstić information content (AvgIpc) is 2.75. The molecule has 1 aromatic carbocycles. The van der Waals surface area contributed by atoms with Gasteiger partial charge in [-0.1, -0.05) is 12.1 Å². The highest BCUT2D eigenvalue weighted by Gasteiger charge is 2.21. The lowest BCUT2D eigenvalue weighted by atomic mass is 10.1. The first-order valence-corrected chi connectivity index (χ1v) is 11.1. The smallest absolute Gasteiger partial charge is 0.269 e. The lowest BCUT2D eigenvalue weighted by Gasteiger charge is -2.33. The number of nitro benzene ring substituents is 1. The number of carbonyl (C=O) groups excluding carboxylic acids is 1. The molecule has 1 fully saturated rings. The van der Waals surface area contributed by atoms with Gasteiger partial charge in [-0.25, -0.2) is 0 Å². The van der Waals surface area contributed by atoms with Crippen molar-refractivity contribution in [3.05, 3.63) is 39.9 Å². The maximum atomic E-state index is 11.9. The van der Waals surface area contributed by atoms with Crippen LogP contribution in [0.25, 0.3) is 0 Å². The highest BCUT2D eigenvalue weighted by Crippen LogP contribution is 2.14. The fourth-order valence-corrected chi connectivity index (χ4v) is 3.50. The van der Waals surface area contributed by atoms with Crippen LogP contribution >= 0.6 is 24.0 Å². The molecule has 1 aliphatic rings. The van der Waals surface area contributed by atoms with Gasteiger partial charge in [0.25, 0.3) is 5.69 Å². The minimum Gasteiger partial charge on any atom is -0.357 e. The van der Waals surface area contributed by atoms with Crippen molar-refractivity contribution in [1.82, 2.24) is 20.4 Å². The topological polar surface area (TPSA) is 103 Å². The zero-order valence-corrected chi connectivity index (χ0v) is 21.7. The molecule has 1 saturated heterocycles. The Balaban J connectivity index is 0.00000512. The predicted molar refractivity (Wildman–Crippen MR) is 139 cm³/mol. The van der Waals surface area contributed by atoms with Crippen LogP contribution in [0.4, 0.5) is 5.69 Å². The van der Waals surface area contributed by atoms with Crippen molar-refractivity contribution in [2.45, 2.75) is 45.1 Å². The number of benzene rings is 1. The zero-order valence-electron chi connectivity index (χ0n) is 19.4. The van der Waals surface area contributed by atoms with Gasteiger partial charge in [-0.05, 0) is 44.6 Å². The van der Waals surface area contributed by atoms with Crippen molar-refractivity contribution >= 4 is 41.5 Å². The quantitative estimate of drug-likeness (QED) is 0.114. The Morgan fingerprint density at radius 3 is 2.44 bits per heavy atom. The summed E-state index contributed by atoms with van der Waals surface area (Å²) in [5.41, 5.74) is 1.24. The molecule has 0 radical (unpaired) electrons. The summed E-state index contributed by atoms with van der Waals surface area (Å²) in [6.07, 6.45) is 4.82. The third kappa shape index (κ3) is 10.1. The van der Waals surface area contributed by atoms with Crippen LogP contribution in [0.2, 0.25) is 0 Å². The molecule has 180 valence electrons. The highest BCUT2D eigenvalue weighted by molar-refractivity contribution is 14.0. The van der Waals surface area contributed by atoms with Gasteiger partial charge < -0.3 is 15.5 Å². The van der Waals surface area contributed by atoms with Gasteiger partial charge in [-0.3, -0.25) is 24.8 Å². The summed E-state index contributed by atoms with van der Waals surface area (Å²) in [6.45, 7) is 5.91. The van der Waals surface area contributed by atoms with Crippen LogP contribution < -0.4 is 10.6 Å². The van der Waals surface area contributed by atoms with Gasteiger partial charge in [0.05, 0.1) is 11.5 Å². The summed E-state index contributed by atoms with van der Waals surface area (Å²) in [6, 6.07) is 7.13. The Hall–Kier alpha value is -1.95. The van der Waals surface area contributed by atoms with Crippen molar-refractivity contribution in [2.75, 3.05) is 46.8 Å². The van der Waals surface area contributed by atoms with Gasteiger partial charge in [-0.2, -0.15) is 0 Å². The van der Waals surface area contributed by atoms with Gasteiger partial charge in [0.2, 0.25) is 5.91 Å². The fourth-order valence-electron chi connectivity index (χ4n) is 3.50. The predicted octanol–water partition coefficient (Wildman–Crippen LogP) is 2.64. The number of carbonyl (C=O) groups is 1. The number of nitro groups is 1. The molecule has 0 saturated carbocycles. The summed E-state index contributed by atoms with van der Waals surface area (Å²) in [4.78, 5) is 30.8. The maximum absolute atomic E-state index is 11.9. The second kappa shape index (κ2) is 15.0. The van der Waals surface area contributed by atoms with E-state index in [0.717, 1.165) is 69.8 Å². The van der Waals surface area contributed by atoms with Gasteiger partial charge in [0.1, 0.15) is 0 Å². The van der Waals surface area contributed by atoms with E-state index in [-0.39, 0.29) is 40.5 Å².